The van der Waals surface area contributed by atoms with E-state index in [4.69, 9.17) is 5.73 Å². The lowest BCUT2D eigenvalue weighted by atomic mass is 10.1. The van der Waals surface area contributed by atoms with Gasteiger partial charge in [-0.1, -0.05) is 18.6 Å². The number of phenols is 1. The van der Waals surface area contributed by atoms with Gasteiger partial charge in [0.1, 0.15) is 11.6 Å². The maximum Gasteiger partial charge on any atom is 0.233 e. The molecule has 0 bridgehead atoms. The van der Waals surface area contributed by atoms with Crippen molar-refractivity contribution in [3.05, 3.63) is 59.9 Å². The van der Waals surface area contributed by atoms with Gasteiger partial charge in [-0.3, -0.25) is 0 Å². The third-order valence-electron chi connectivity index (χ3n) is 4.53. The highest BCUT2D eigenvalue weighted by Crippen LogP contribution is 2.17. The number of rotatable bonds is 12. The van der Waals surface area contributed by atoms with E-state index in [2.05, 4.69) is 30.9 Å². The second kappa shape index (κ2) is 11.7. The summed E-state index contributed by atoms with van der Waals surface area (Å²) in [5.41, 5.74) is 7.30. The van der Waals surface area contributed by atoms with Crippen molar-refractivity contribution in [3.8, 4) is 5.75 Å². The molecule has 0 amide bonds. The Morgan fingerprint density at radius 3 is 2.10 bits per heavy atom. The summed E-state index contributed by atoms with van der Waals surface area (Å²) in [6.45, 7) is 2.03. The highest BCUT2D eigenvalue weighted by molar-refractivity contribution is 5.55. The van der Waals surface area contributed by atoms with Crippen LogP contribution in [0.4, 0.5) is 27.9 Å². The van der Waals surface area contributed by atoms with Gasteiger partial charge in [-0.2, -0.15) is 15.0 Å². The Hall–Kier alpha value is -3.46. The first-order valence-electron chi connectivity index (χ1n) is 10.4. The van der Waals surface area contributed by atoms with Crippen molar-refractivity contribution in [3.63, 3.8) is 0 Å². The molecule has 0 aliphatic carbocycles. The van der Waals surface area contributed by atoms with Crippen molar-refractivity contribution in [1.82, 2.24) is 15.0 Å². The molecule has 3 rings (SSSR count). The van der Waals surface area contributed by atoms with Crippen LogP contribution in [0, 0.1) is 5.82 Å². The third kappa shape index (κ3) is 7.71. The van der Waals surface area contributed by atoms with Gasteiger partial charge in [0.25, 0.3) is 0 Å². The zero-order chi connectivity index (χ0) is 21.9. The molecule has 9 heteroatoms. The topological polar surface area (TPSA) is 121 Å². The molecule has 0 saturated heterocycles. The van der Waals surface area contributed by atoms with Gasteiger partial charge in [-0.05, 0) is 67.8 Å². The summed E-state index contributed by atoms with van der Waals surface area (Å²) in [6.07, 6.45) is 3.73. The van der Waals surface area contributed by atoms with E-state index in [9.17, 15) is 9.50 Å². The normalized spacial score (nSPS) is 10.6. The molecule has 0 radical (unpaired) electrons. The van der Waals surface area contributed by atoms with Crippen LogP contribution in [-0.2, 0) is 6.42 Å². The third-order valence-corrected chi connectivity index (χ3v) is 4.53. The van der Waals surface area contributed by atoms with E-state index in [0.717, 1.165) is 37.8 Å². The number of nitrogens with one attached hydrogen (secondary N) is 3. The molecule has 0 unspecified atom stereocenters. The fraction of sp³-hybridized carbons (Fsp3) is 0.318. The number of aromatic nitrogens is 3. The fourth-order valence-corrected chi connectivity index (χ4v) is 2.88. The average Bonchev–Trinajstić information content (AvgIpc) is 2.77. The molecule has 6 N–H and O–H groups in total. The summed E-state index contributed by atoms with van der Waals surface area (Å²) >= 11 is 0. The van der Waals surface area contributed by atoms with Gasteiger partial charge < -0.3 is 26.8 Å². The molecular weight excluding hydrogens is 397 g/mol. The van der Waals surface area contributed by atoms with Crippen molar-refractivity contribution < 1.29 is 9.50 Å². The van der Waals surface area contributed by atoms with Crippen LogP contribution in [0.3, 0.4) is 0 Å². The Morgan fingerprint density at radius 2 is 1.42 bits per heavy atom. The molecule has 0 spiro atoms. The number of halogens is 1. The summed E-state index contributed by atoms with van der Waals surface area (Å²) in [7, 11) is 0. The monoisotopic (exact) mass is 425 g/mol. The van der Waals surface area contributed by atoms with Crippen LogP contribution in [-0.4, -0.2) is 39.7 Å². The first kappa shape index (κ1) is 22.2. The van der Waals surface area contributed by atoms with E-state index >= 15 is 0 Å². The van der Waals surface area contributed by atoms with E-state index in [1.807, 2.05) is 12.1 Å². The molecule has 164 valence electrons. The van der Waals surface area contributed by atoms with Crippen molar-refractivity contribution >= 4 is 23.5 Å². The van der Waals surface area contributed by atoms with Gasteiger partial charge in [0, 0.05) is 18.8 Å². The second-order valence-electron chi connectivity index (χ2n) is 7.06. The average molecular weight is 426 g/mol. The number of hydrogen-bond acceptors (Lipinski definition) is 8. The molecule has 1 heterocycles. The van der Waals surface area contributed by atoms with E-state index in [1.54, 1.807) is 24.3 Å². The molecule has 0 saturated carbocycles. The molecule has 1 aromatic heterocycles. The minimum absolute atomic E-state index is 0.243. The highest BCUT2D eigenvalue weighted by atomic mass is 19.1. The minimum Gasteiger partial charge on any atom is -0.508 e. The van der Waals surface area contributed by atoms with Crippen LogP contribution in [0.15, 0.2) is 48.5 Å². The Kier molecular flexibility index (Phi) is 8.36. The van der Waals surface area contributed by atoms with Gasteiger partial charge in [-0.15, -0.1) is 0 Å². The molecule has 0 fully saturated rings. The maximum atomic E-state index is 13.2. The van der Waals surface area contributed by atoms with E-state index < -0.39 is 0 Å². The van der Waals surface area contributed by atoms with Gasteiger partial charge >= 0.3 is 0 Å². The van der Waals surface area contributed by atoms with Gasteiger partial charge in [0.05, 0.1) is 0 Å². The van der Waals surface area contributed by atoms with Crippen molar-refractivity contribution in [1.29, 1.82) is 0 Å². The lowest BCUT2D eigenvalue weighted by molar-refractivity contribution is 0.475. The number of benzene rings is 2. The summed E-state index contributed by atoms with van der Waals surface area (Å²) in [4.78, 5) is 13.3. The van der Waals surface area contributed by atoms with Crippen molar-refractivity contribution in [2.24, 2.45) is 5.73 Å². The molecule has 0 aliphatic heterocycles. The van der Waals surface area contributed by atoms with Crippen molar-refractivity contribution in [2.45, 2.75) is 25.7 Å². The number of aromatic hydroxyl groups is 1. The lowest BCUT2D eigenvalue weighted by Gasteiger charge is -2.11. The minimum atomic E-state index is -0.308. The van der Waals surface area contributed by atoms with Crippen molar-refractivity contribution in [2.75, 3.05) is 35.6 Å². The number of unbranched alkanes of at least 4 members (excludes halogenated alkanes) is 2. The van der Waals surface area contributed by atoms with Crippen LogP contribution < -0.4 is 21.7 Å². The summed E-state index contributed by atoms with van der Waals surface area (Å²) in [5.74, 6) is 1.19. The van der Waals surface area contributed by atoms with E-state index in [-0.39, 0.29) is 11.6 Å². The Morgan fingerprint density at radius 1 is 0.774 bits per heavy atom. The van der Waals surface area contributed by atoms with Crippen LogP contribution in [0.5, 0.6) is 5.75 Å². The Bertz CT molecular complexity index is 936. The van der Waals surface area contributed by atoms with E-state index in [1.165, 1.54) is 12.1 Å². The van der Waals surface area contributed by atoms with Crippen LogP contribution in [0.25, 0.3) is 0 Å². The predicted octanol–water partition coefficient (Wildman–Crippen LogP) is 3.66. The molecule has 8 nitrogen and oxygen atoms in total. The fourth-order valence-electron chi connectivity index (χ4n) is 2.88. The Balaban J connectivity index is 1.65. The number of hydrogen-bond donors (Lipinski definition) is 5. The molecule has 3 aromatic rings. The van der Waals surface area contributed by atoms with Gasteiger partial charge in [0.15, 0.2) is 0 Å². The standard InChI is InChI=1S/C22H28FN7O/c23-17-6-8-18(9-7-17)27-22-29-20(25-14-3-1-2-13-24)28-21(30-22)26-15-12-16-4-10-19(31)11-5-16/h4-11,31H,1-3,12-15,24H2,(H3,25,26,27,28,29,30). The molecule has 0 aliphatic rings. The molecule has 31 heavy (non-hydrogen) atoms. The summed E-state index contributed by atoms with van der Waals surface area (Å²) < 4.78 is 13.2. The molecule has 0 atom stereocenters. The zero-order valence-corrected chi connectivity index (χ0v) is 17.3. The lowest BCUT2D eigenvalue weighted by Crippen LogP contribution is -2.13. The first-order chi connectivity index (χ1) is 15.1. The maximum absolute atomic E-state index is 13.2. The van der Waals surface area contributed by atoms with Gasteiger partial charge in [0.2, 0.25) is 17.8 Å². The Labute approximate surface area is 181 Å². The smallest absolute Gasteiger partial charge is 0.233 e. The quantitative estimate of drug-likeness (QED) is 0.279. The first-order valence-corrected chi connectivity index (χ1v) is 10.4. The summed E-state index contributed by atoms with van der Waals surface area (Å²) in [6, 6.07) is 13.1. The largest absolute Gasteiger partial charge is 0.508 e. The molecular formula is C22H28FN7O. The van der Waals surface area contributed by atoms with Gasteiger partial charge in [-0.25, -0.2) is 4.39 Å². The second-order valence-corrected chi connectivity index (χ2v) is 7.06. The number of nitrogens with zero attached hydrogens (tertiary/aromatic N) is 3. The molecule has 2 aromatic carbocycles. The number of phenolic OH excluding ortho intramolecular Hbond substituents is 1. The number of anilines is 4. The SMILES string of the molecule is NCCCCCNc1nc(NCCc2ccc(O)cc2)nc(Nc2ccc(F)cc2)n1. The van der Waals surface area contributed by atoms with Crippen LogP contribution in [0.1, 0.15) is 24.8 Å². The zero-order valence-electron chi connectivity index (χ0n) is 17.3. The summed E-state index contributed by atoms with van der Waals surface area (Å²) in [5, 5.41) is 18.9. The number of nitrogens with two attached hydrogens (primary N) is 1. The van der Waals surface area contributed by atoms with Crippen LogP contribution in [0.2, 0.25) is 0 Å². The van der Waals surface area contributed by atoms with E-state index in [0.29, 0.717) is 36.6 Å². The van der Waals surface area contributed by atoms with Crippen LogP contribution >= 0.6 is 0 Å². The highest BCUT2D eigenvalue weighted by Gasteiger charge is 2.07. The predicted molar refractivity (Wildman–Crippen MR) is 121 cm³/mol.